The molecule has 0 saturated carbocycles. The summed E-state index contributed by atoms with van der Waals surface area (Å²) in [6.45, 7) is 0. The number of nitrogens with one attached hydrogen (secondary N) is 2. The van der Waals surface area contributed by atoms with Gasteiger partial charge in [-0.3, -0.25) is 19.2 Å². The fraction of sp³-hybridized carbons (Fsp3) is 0.316. The van der Waals surface area contributed by atoms with E-state index in [1.807, 2.05) is 0 Å². The van der Waals surface area contributed by atoms with Crippen LogP contribution in [0.4, 0.5) is 5.69 Å². The third kappa shape index (κ3) is 6.49. The number of benzene rings is 1. The summed E-state index contributed by atoms with van der Waals surface area (Å²) in [6.07, 6.45) is 0.856. The number of amides is 2. The summed E-state index contributed by atoms with van der Waals surface area (Å²) in [4.78, 5) is 38.7. The van der Waals surface area contributed by atoms with E-state index in [4.69, 9.17) is 0 Å². The Hall–Kier alpha value is -2.84. The van der Waals surface area contributed by atoms with Crippen molar-refractivity contribution in [1.82, 2.24) is 30.4 Å². The maximum Gasteiger partial charge on any atom is 1.00 e. The van der Waals surface area contributed by atoms with E-state index in [2.05, 4.69) is 30.7 Å². The smallest absolute Gasteiger partial charge is 0.543 e. The predicted molar refractivity (Wildman–Crippen MR) is 131 cm³/mol. The molecule has 4 N–H and O–H groups in total. The number of aliphatic carboxylic acids is 1. The van der Waals surface area contributed by atoms with Crippen molar-refractivity contribution in [3.05, 3.63) is 35.0 Å². The molecule has 0 spiro atoms. The first kappa shape index (κ1) is 30.7. The maximum atomic E-state index is 12.9. The molecule has 2 aliphatic rings. The van der Waals surface area contributed by atoms with E-state index >= 15 is 0 Å². The largest absolute Gasteiger partial charge is 1.00 e. The van der Waals surface area contributed by atoms with Gasteiger partial charge < -0.3 is 25.5 Å². The van der Waals surface area contributed by atoms with Crippen molar-refractivity contribution in [1.29, 1.82) is 0 Å². The minimum Gasteiger partial charge on any atom is -0.543 e. The number of hydrogen-bond acceptors (Lipinski definition) is 14. The zero-order valence-electron chi connectivity index (χ0n) is 20.6. The number of rotatable bonds is 9. The number of carboxylic acid groups (broad SMARTS) is 1. The van der Waals surface area contributed by atoms with Crippen LogP contribution in [0.25, 0.3) is 0 Å². The number of aromatic nitrogens is 4. The molecule has 2 amide bonds. The van der Waals surface area contributed by atoms with Gasteiger partial charge in [0.2, 0.25) is 15.2 Å². The Morgan fingerprint density at radius 2 is 2.08 bits per heavy atom. The summed E-state index contributed by atoms with van der Waals surface area (Å²) in [5, 5.41) is 47.4. The van der Waals surface area contributed by atoms with Gasteiger partial charge in [0.1, 0.15) is 17.2 Å². The van der Waals surface area contributed by atoms with Gasteiger partial charge in [-0.2, -0.15) is 0 Å². The van der Waals surface area contributed by atoms with Crippen molar-refractivity contribution in [2.45, 2.75) is 16.6 Å². The van der Waals surface area contributed by atoms with Gasteiger partial charge in [-0.25, -0.2) is 13.1 Å². The molecule has 0 bridgehead atoms. The molecule has 2 aliphatic heterocycles. The summed E-state index contributed by atoms with van der Waals surface area (Å²) < 4.78 is 26.5. The van der Waals surface area contributed by atoms with Gasteiger partial charge in [-0.15, -0.1) is 16.9 Å². The molecular formula is C19H19N8NaO8S3. The van der Waals surface area contributed by atoms with E-state index in [0.717, 1.165) is 23.3 Å². The van der Waals surface area contributed by atoms with Crippen molar-refractivity contribution >= 4 is 62.7 Å². The monoisotopic (exact) mass is 606 g/mol. The number of aromatic hydroxyl groups is 1. The molecule has 1 aromatic heterocycles. The molecule has 3 heterocycles. The van der Waals surface area contributed by atoms with Gasteiger partial charge in [-0.1, -0.05) is 16.9 Å². The third-order valence-electron chi connectivity index (χ3n) is 5.36. The van der Waals surface area contributed by atoms with Crippen LogP contribution in [0.1, 0.15) is 5.56 Å². The molecule has 202 valence electrons. The molecule has 1 aromatic carbocycles. The quantitative estimate of drug-likeness (QED) is 0.0398. The first-order valence-electron chi connectivity index (χ1n) is 10.5. The Morgan fingerprint density at radius 1 is 1.36 bits per heavy atom. The second kappa shape index (κ2) is 12.1. The molecule has 39 heavy (non-hydrogen) atoms. The molecule has 0 radical (unpaired) electrons. The average Bonchev–Trinajstić information content (AvgIpc) is 3.26. The van der Waals surface area contributed by atoms with Gasteiger partial charge in [0.25, 0.3) is 11.8 Å². The van der Waals surface area contributed by atoms with Crippen LogP contribution in [0.15, 0.2) is 39.8 Å². The number of hydrogen-bond donors (Lipinski definition) is 4. The Morgan fingerprint density at radius 3 is 2.67 bits per heavy atom. The van der Waals surface area contributed by atoms with Crippen LogP contribution in [0, 0.1) is 0 Å². The van der Waals surface area contributed by atoms with E-state index in [0.29, 0.717) is 10.7 Å². The van der Waals surface area contributed by atoms with E-state index < -0.39 is 50.7 Å². The molecule has 20 heteroatoms. The number of nitrogens with zero attached hydrogens (tertiary/aromatic N) is 6. The molecule has 1 unspecified atom stereocenters. The number of carbonyl (C=O) groups excluding carboxylic acids is 3. The number of phenols is 1. The second-order valence-corrected chi connectivity index (χ2v) is 11.8. The molecule has 4 rings (SSSR count). The number of anilines is 1. The van der Waals surface area contributed by atoms with Crippen molar-refractivity contribution < 1.29 is 67.8 Å². The normalized spacial score (nSPS) is 19.1. The van der Waals surface area contributed by atoms with Crippen LogP contribution in [-0.2, 0) is 31.5 Å². The van der Waals surface area contributed by atoms with Gasteiger partial charge in [0.05, 0.1) is 23.6 Å². The number of β-lactam (4-membered cyclic amide) rings is 1. The van der Waals surface area contributed by atoms with E-state index in [9.17, 15) is 38.2 Å². The molecule has 2 aromatic rings. The molecule has 1 fully saturated rings. The van der Waals surface area contributed by atoms with Crippen LogP contribution < -0.4 is 44.7 Å². The van der Waals surface area contributed by atoms with Crippen molar-refractivity contribution in [3.8, 4) is 5.75 Å². The summed E-state index contributed by atoms with van der Waals surface area (Å²) >= 11 is 2.40. The number of phenolic OH excluding ortho intramolecular Hbond substituents is 1. The predicted octanol–water partition coefficient (Wildman–Crippen LogP) is -5.33. The first-order chi connectivity index (χ1) is 17.9. The topological polar surface area (TPSA) is 232 Å². The minimum atomic E-state index is -3.78. The van der Waals surface area contributed by atoms with Crippen LogP contribution in [0.2, 0.25) is 0 Å². The Balaban J connectivity index is 0.00000420. The number of aryl methyl sites for hydroxylation is 1. The first-order valence-corrected chi connectivity index (χ1v) is 14.4. The summed E-state index contributed by atoms with van der Waals surface area (Å²) in [6, 6.07) is 2.22. The fourth-order valence-electron chi connectivity index (χ4n) is 3.69. The molecule has 2 atom stereocenters. The number of thioether (sulfide) groups is 2. The molecular weight excluding hydrogens is 587 g/mol. The average molecular weight is 607 g/mol. The number of sulfonamides is 1. The van der Waals surface area contributed by atoms with E-state index in [1.165, 1.54) is 34.3 Å². The standard InChI is InChI=1S/C19H20N8O8S3.Na/c1-26-19(21-24-25-26)37-7-9-6-36-17-13(16(30)27(17)14(9)18(31)32)20-15(29)12(22-33)8-3-4-11(28)10(5-8)23-38(2,34)35;/h3-5,13,17,23,28,33H,6-7H2,1-2H3,(H,20,29)(H,31,32);/q;+1/p-1/t13?,17-;/m0./s1. The Labute approximate surface area is 251 Å². The van der Waals surface area contributed by atoms with Gasteiger partial charge in [0, 0.05) is 24.1 Å². The number of carbonyl (C=O) groups is 3. The Bertz CT molecular complexity index is 1500. The number of fused-ring (bicyclic) bond motifs is 1. The molecule has 0 aliphatic carbocycles. The zero-order chi connectivity index (χ0) is 27.8. The minimum absolute atomic E-state index is 0. The van der Waals surface area contributed by atoms with E-state index in [-0.39, 0.29) is 58.0 Å². The van der Waals surface area contributed by atoms with Gasteiger partial charge in [0.15, 0.2) is 5.71 Å². The summed E-state index contributed by atoms with van der Waals surface area (Å²) in [7, 11) is -2.15. The summed E-state index contributed by atoms with van der Waals surface area (Å²) in [5.41, 5.74) is -0.776. The third-order valence-corrected chi connectivity index (χ3v) is 8.39. The maximum absolute atomic E-state index is 12.9. The van der Waals surface area contributed by atoms with Crippen LogP contribution in [-0.4, -0.2) is 96.5 Å². The second-order valence-electron chi connectivity index (χ2n) is 8.03. The van der Waals surface area contributed by atoms with Crippen molar-refractivity contribution in [3.63, 3.8) is 0 Å². The van der Waals surface area contributed by atoms with Crippen LogP contribution in [0.3, 0.4) is 0 Å². The zero-order valence-corrected chi connectivity index (χ0v) is 25.0. The van der Waals surface area contributed by atoms with E-state index in [1.54, 1.807) is 7.05 Å². The number of oxime groups is 1. The van der Waals surface area contributed by atoms with Gasteiger partial charge in [-0.05, 0) is 34.2 Å². The number of tetrazole rings is 1. The molecule has 1 saturated heterocycles. The molecule has 16 nitrogen and oxygen atoms in total. The van der Waals surface area contributed by atoms with Crippen LogP contribution in [0.5, 0.6) is 5.75 Å². The number of carboxylic acids is 1. The Kier molecular flexibility index (Phi) is 9.55. The SMILES string of the molecule is Cn1nnnc1SCC1=C(C(=O)[O-])N2C(=O)C(NC(=O)C(=NO)c3ccc(O)c(NS(C)(=O)=O)c3)[C@@H]2SC1.[Na+]. The van der Waals surface area contributed by atoms with Crippen LogP contribution >= 0.6 is 23.5 Å². The van der Waals surface area contributed by atoms with Gasteiger partial charge >= 0.3 is 29.6 Å². The summed E-state index contributed by atoms with van der Waals surface area (Å²) in [5.74, 6) is -3.28. The van der Waals surface area contributed by atoms with Crippen molar-refractivity contribution in [2.24, 2.45) is 12.2 Å². The van der Waals surface area contributed by atoms with Crippen molar-refractivity contribution in [2.75, 3.05) is 22.5 Å². The fourth-order valence-corrected chi connectivity index (χ4v) is 6.58.